The van der Waals surface area contributed by atoms with Crippen LogP contribution in [0, 0.1) is 0 Å². The normalized spacial score (nSPS) is 10.8. The van der Waals surface area contributed by atoms with Crippen molar-refractivity contribution in [1.29, 1.82) is 0 Å². The van der Waals surface area contributed by atoms with Crippen LogP contribution in [0.15, 0.2) is 56.1 Å². The largest absolute Gasteiger partial charge is 0.496 e. The van der Waals surface area contributed by atoms with Crippen LogP contribution in [0.1, 0.15) is 0 Å². The van der Waals surface area contributed by atoms with Crippen molar-refractivity contribution >= 4 is 38.5 Å². The highest BCUT2D eigenvalue weighted by Gasteiger charge is 2.13. The number of hydrogen-bond acceptors (Lipinski definition) is 3. The van der Waals surface area contributed by atoms with Gasteiger partial charge in [0.05, 0.1) is 23.1 Å². The zero-order chi connectivity index (χ0) is 15.0. The van der Waals surface area contributed by atoms with Crippen LogP contribution < -0.4 is 10.2 Å². The number of halogens is 2. The molecule has 0 radical (unpaired) electrons. The van der Waals surface area contributed by atoms with Crippen LogP contribution in [0.4, 0.5) is 0 Å². The first-order chi connectivity index (χ1) is 10.1. The van der Waals surface area contributed by atoms with Crippen molar-refractivity contribution in [3.05, 3.63) is 62.2 Å². The van der Waals surface area contributed by atoms with Gasteiger partial charge in [0.1, 0.15) is 11.5 Å². The Morgan fingerprint density at radius 3 is 2.76 bits per heavy atom. The fourth-order valence-corrected chi connectivity index (χ4v) is 2.70. The second-order valence-electron chi connectivity index (χ2n) is 4.44. The van der Waals surface area contributed by atoms with Gasteiger partial charge in [-0.1, -0.05) is 33.6 Å². The van der Waals surface area contributed by atoms with Crippen LogP contribution >= 0.6 is 27.5 Å². The van der Waals surface area contributed by atoms with Crippen molar-refractivity contribution < 1.29 is 9.15 Å². The molecule has 0 fully saturated rings. The topological polar surface area (TPSA) is 39.4 Å². The molecule has 0 bridgehead atoms. The zero-order valence-electron chi connectivity index (χ0n) is 11.0. The van der Waals surface area contributed by atoms with Gasteiger partial charge in [0.2, 0.25) is 0 Å². The van der Waals surface area contributed by atoms with Crippen molar-refractivity contribution in [1.82, 2.24) is 0 Å². The van der Waals surface area contributed by atoms with Gasteiger partial charge < -0.3 is 9.15 Å². The Bertz CT molecular complexity index is 886. The number of benzene rings is 2. The van der Waals surface area contributed by atoms with E-state index in [1.165, 1.54) is 6.07 Å². The molecule has 0 saturated carbocycles. The molecule has 0 N–H and O–H groups in total. The summed E-state index contributed by atoms with van der Waals surface area (Å²) in [6, 6.07) is 12.0. The van der Waals surface area contributed by atoms with E-state index in [4.69, 9.17) is 20.8 Å². The summed E-state index contributed by atoms with van der Waals surface area (Å²) in [5.74, 6) is 1.03. The van der Waals surface area contributed by atoms with E-state index in [-0.39, 0.29) is 5.43 Å². The van der Waals surface area contributed by atoms with E-state index >= 15 is 0 Å². The summed E-state index contributed by atoms with van der Waals surface area (Å²) in [5.41, 5.74) is 0.935. The highest BCUT2D eigenvalue weighted by atomic mass is 79.9. The van der Waals surface area contributed by atoms with Gasteiger partial charge in [-0.15, -0.1) is 0 Å². The molecule has 0 spiro atoms. The molecule has 106 valence electrons. The highest BCUT2D eigenvalue weighted by Crippen LogP contribution is 2.34. The molecular weight excluding hydrogens is 356 g/mol. The van der Waals surface area contributed by atoms with Gasteiger partial charge in [-0.3, -0.25) is 4.79 Å². The van der Waals surface area contributed by atoms with Crippen molar-refractivity contribution in [2.75, 3.05) is 7.11 Å². The van der Waals surface area contributed by atoms with Gasteiger partial charge >= 0.3 is 0 Å². The molecule has 3 rings (SSSR count). The Kier molecular flexibility index (Phi) is 3.74. The van der Waals surface area contributed by atoms with E-state index in [1.54, 1.807) is 25.3 Å². The lowest BCUT2D eigenvalue weighted by Gasteiger charge is -2.09. The van der Waals surface area contributed by atoms with Crippen molar-refractivity contribution in [3.63, 3.8) is 0 Å². The molecule has 21 heavy (non-hydrogen) atoms. The fraction of sp³-hybridized carbons (Fsp3) is 0.0625. The molecule has 0 aliphatic heterocycles. The predicted octanol–water partition coefficient (Wildman–Crippen LogP) is 4.88. The molecule has 0 amide bonds. The fourth-order valence-electron chi connectivity index (χ4n) is 2.14. The van der Waals surface area contributed by atoms with Crippen molar-refractivity contribution in [2.24, 2.45) is 0 Å². The molecule has 0 unspecified atom stereocenters. The van der Waals surface area contributed by atoms with Crippen LogP contribution in [0.25, 0.3) is 22.3 Å². The average molecular weight is 366 g/mol. The van der Waals surface area contributed by atoms with Gasteiger partial charge in [0, 0.05) is 10.5 Å². The number of fused-ring (bicyclic) bond motifs is 1. The van der Waals surface area contributed by atoms with Crippen LogP contribution in [-0.4, -0.2) is 7.11 Å². The van der Waals surface area contributed by atoms with E-state index in [0.717, 1.165) is 4.47 Å². The number of methoxy groups -OCH3 is 1. The first-order valence-corrected chi connectivity index (χ1v) is 7.33. The number of hydrogen-bond donors (Lipinski definition) is 0. The van der Waals surface area contributed by atoms with Crippen molar-refractivity contribution in [2.45, 2.75) is 0 Å². The van der Waals surface area contributed by atoms with Gasteiger partial charge in [-0.25, -0.2) is 0 Å². The maximum absolute atomic E-state index is 12.2. The molecule has 3 nitrogen and oxygen atoms in total. The van der Waals surface area contributed by atoms with Crippen LogP contribution in [0.3, 0.4) is 0 Å². The summed E-state index contributed by atoms with van der Waals surface area (Å²) in [7, 11) is 1.57. The predicted molar refractivity (Wildman–Crippen MR) is 87.2 cm³/mol. The maximum Gasteiger partial charge on any atom is 0.193 e. The Labute approximate surface area is 134 Å². The Balaban J connectivity index is 2.31. The summed E-state index contributed by atoms with van der Waals surface area (Å²) in [4.78, 5) is 12.2. The molecule has 0 aliphatic carbocycles. The summed E-state index contributed by atoms with van der Waals surface area (Å²) < 4.78 is 12.0. The minimum absolute atomic E-state index is 0.140. The lowest BCUT2D eigenvalue weighted by atomic mass is 10.1. The summed E-state index contributed by atoms with van der Waals surface area (Å²) >= 11 is 9.50. The molecule has 0 aliphatic rings. The molecule has 5 heteroatoms. The molecular formula is C16H10BrClO3. The van der Waals surface area contributed by atoms with E-state index < -0.39 is 0 Å². The molecule has 0 atom stereocenters. The smallest absolute Gasteiger partial charge is 0.193 e. The first-order valence-electron chi connectivity index (χ1n) is 6.16. The van der Waals surface area contributed by atoms with E-state index in [1.807, 2.05) is 18.2 Å². The standard InChI is InChI=1S/C16H10BrClO3/c1-20-14-7-9(17)5-6-11(14)15-8-13(19)10-3-2-4-12(18)16(10)21-15/h2-8H,1H3. The van der Waals surface area contributed by atoms with Crippen LogP contribution in [0.5, 0.6) is 5.75 Å². The number of ether oxygens (including phenoxy) is 1. The summed E-state index contributed by atoms with van der Waals surface area (Å²) in [6.45, 7) is 0. The van der Waals surface area contributed by atoms with E-state index in [0.29, 0.717) is 33.1 Å². The molecule has 1 heterocycles. The molecule has 3 aromatic rings. The minimum Gasteiger partial charge on any atom is -0.496 e. The molecule has 0 saturated heterocycles. The third-order valence-electron chi connectivity index (χ3n) is 3.14. The first kappa shape index (κ1) is 14.2. The Hall–Kier alpha value is -1.78. The molecule has 1 aromatic heterocycles. The zero-order valence-corrected chi connectivity index (χ0v) is 13.4. The van der Waals surface area contributed by atoms with E-state index in [2.05, 4.69) is 15.9 Å². The SMILES string of the molecule is COc1cc(Br)ccc1-c1cc(=O)c2cccc(Cl)c2o1. The van der Waals surface area contributed by atoms with Crippen LogP contribution in [-0.2, 0) is 0 Å². The van der Waals surface area contributed by atoms with Crippen molar-refractivity contribution in [3.8, 4) is 17.1 Å². The summed E-state index contributed by atoms with van der Waals surface area (Å²) in [5, 5.41) is 0.866. The Morgan fingerprint density at radius 1 is 1.19 bits per heavy atom. The third kappa shape index (κ3) is 2.57. The number of rotatable bonds is 2. The Morgan fingerprint density at radius 2 is 2.00 bits per heavy atom. The van der Waals surface area contributed by atoms with Gasteiger partial charge in [0.15, 0.2) is 11.0 Å². The monoisotopic (exact) mass is 364 g/mol. The van der Waals surface area contributed by atoms with Crippen LogP contribution in [0.2, 0.25) is 5.02 Å². The van der Waals surface area contributed by atoms with Gasteiger partial charge in [0.25, 0.3) is 0 Å². The number of para-hydroxylation sites is 1. The minimum atomic E-state index is -0.140. The average Bonchev–Trinajstić information content (AvgIpc) is 2.48. The lowest BCUT2D eigenvalue weighted by molar-refractivity contribution is 0.414. The maximum atomic E-state index is 12.2. The highest BCUT2D eigenvalue weighted by molar-refractivity contribution is 9.10. The lowest BCUT2D eigenvalue weighted by Crippen LogP contribution is -2.01. The van der Waals surface area contributed by atoms with E-state index in [9.17, 15) is 4.79 Å². The molecule has 2 aromatic carbocycles. The van der Waals surface area contributed by atoms with Gasteiger partial charge in [-0.05, 0) is 30.3 Å². The second-order valence-corrected chi connectivity index (χ2v) is 5.76. The quantitative estimate of drug-likeness (QED) is 0.649. The summed E-state index contributed by atoms with van der Waals surface area (Å²) in [6.07, 6.45) is 0. The second kappa shape index (κ2) is 5.54. The van der Waals surface area contributed by atoms with Gasteiger partial charge in [-0.2, -0.15) is 0 Å². The third-order valence-corrected chi connectivity index (χ3v) is 3.93.